The summed E-state index contributed by atoms with van der Waals surface area (Å²) in [5, 5.41) is 1.40. The molecule has 0 spiro atoms. The van der Waals surface area contributed by atoms with E-state index in [4.69, 9.17) is 13.2 Å². The Balaban J connectivity index is 0.000000258. The second-order valence-corrected chi connectivity index (χ2v) is 18.0. The molecule has 4 aromatic carbocycles. The van der Waals surface area contributed by atoms with Crippen molar-refractivity contribution in [3.63, 3.8) is 0 Å². The molecular formula is C42H40IrN2Si-2. The maximum atomic E-state index is 8.04. The average molecular weight is 799 g/mol. The van der Waals surface area contributed by atoms with Crippen LogP contribution in [0.5, 0.6) is 0 Å². The first-order valence-corrected chi connectivity index (χ1v) is 18.7. The van der Waals surface area contributed by atoms with Gasteiger partial charge in [0.2, 0.25) is 0 Å². The number of nitrogens with zero attached hydrogens (tertiary/aromatic N) is 2. The molecule has 6 aromatic rings. The van der Waals surface area contributed by atoms with Crippen molar-refractivity contribution in [2.24, 2.45) is 0 Å². The van der Waals surface area contributed by atoms with Crippen molar-refractivity contribution in [1.82, 2.24) is 9.97 Å². The van der Waals surface area contributed by atoms with Gasteiger partial charge in [-0.25, -0.2) is 0 Å². The molecule has 0 aliphatic heterocycles. The zero-order valence-corrected chi connectivity index (χ0v) is 30.1. The molecule has 1 aliphatic carbocycles. The van der Waals surface area contributed by atoms with E-state index < -0.39 is 27.2 Å². The van der Waals surface area contributed by atoms with E-state index in [0.29, 0.717) is 22.4 Å². The van der Waals surface area contributed by atoms with E-state index in [1.807, 2.05) is 92.8 Å². The van der Waals surface area contributed by atoms with Crippen LogP contribution in [-0.2, 0) is 25.5 Å². The molecule has 46 heavy (non-hydrogen) atoms. The molecule has 0 saturated heterocycles. The van der Waals surface area contributed by atoms with E-state index in [0.717, 1.165) is 39.1 Å². The normalized spacial score (nSPS) is 15.2. The van der Waals surface area contributed by atoms with Crippen molar-refractivity contribution >= 4 is 13.3 Å². The van der Waals surface area contributed by atoms with Crippen molar-refractivity contribution < 1.29 is 28.3 Å². The van der Waals surface area contributed by atoms with Crippen LogP contribution in [0.25, 0.3) is 44.8 Å². The van der Waals surface area contributed by atoms with Gasteiger partial charge in [0.25, 0.3) is 0 Å². The first kappa shape index (κ1) is 26.2. The summed E-state index contributed by atoms with van der Waals surface area (Å²) in [6.45, 7) is 6.57. The fraction of sp³-hybridized carbons (Fsp3) is 0.190. The van der Waals surface area contributed by atoms with Crippen LogP contribution >= 0.6 is 0 Å². The molecule has 4 heteroatoms. The van der Waals surface area contributed by atoms with Crippen LogP contribution < -0.4 is 5.19 Å². The second kappa shape index (κ2) is 13.4. The van der Waals surface area contributed by atoms with Gasteiger partial charge in [0.05, 0.1) is 8.07 Å². The third-order valence-electron chi connectivity index (χ3n) is 8.48. The first-order chi connectivity index (χ1) is 24.0. The van der Waals surface area contributed by atoms with Crippen LogP contribution in [0.3, 0.4) is 0 Å². The van der Waals surface area contributed by atoms with Crippen molar-refractivity contribution in [3.05, 3.63) is 150 Å². The molecule has 0 fully saturated rings. The van der Waals surface area contributed by atoms with Gasteiger partial charge in [-0.3, -0.25) is 0 Å². The zero-order valence-electron chi connectivity index (χ0n) is 32.7. The molecule has 0 amide bonds. The van der Waals surface area contributed by atoms with Gasteiger partial charge in [0, 0.05) is 51.7 Å². The van der Waals surface area contributed by atoms with Crippen molar-refractivity contribution in [3.8, 4) is 44.8 Å². The Morgan fingerprint density at radius 1 is 0.674 bits per heavy atom. The van der Waals surface area contributed by atoms with Gasteiger partial charge in [-0.15, -0.1) is 65.2 Å². The van der Waals surface area contributed by atoms with Crippen molar-refractivity contribution in [1.29, 1.82) is 0 Å². The smallest absolute Gasteiger partial charge is 0.0795 e. The van der Waals surface area contributed by atoms with E-state index >= 15 is 0 Å². The minimum absolute atomic E-state index is 0. The van der Waals surface area contributed by atoms with Crippen LogP contribution in [0, 0.1) is 25.8 Å². The van der Waals surface area contributed by atoms with Crippen molar-refractivity contribution in [2.75, 3.05) is 0 Å². The van der Waals surface area contributed by atoms with Crippen LogP contribution in [0.2, 0.25) is 19.6 Å². The van der Waals surface area contributed by atoms with Crippen molar-refractivity contribution in [2.45, 2.75) is 52.6 Å². The molecule has 1 radical (unpaired) electrons. The van der Waals surface area contributed by atoms with Gasteiger partial charge < -0.3 is 9.97 Å². The molecule has 233 valence electrons. The summed E-state index contributed by atoms with van der Waals surface area (Å²) in [4.78, 5) is 9.21. The van der Waals surface area contributed by atoms with Gasteiger partial charge >= 0.3 is 0 Å². The largest absolute Gasteiger partial charge is 0.305 e. The Morgan fingerprint density at radius 2 is 1.43 bits per heavy atom. The maximum Gasteiger partial charge on any atom is 0.0795 e. The number of hydrogen-bond acceptors (Lipinski definition) is 2. The predicted octanol–water partition coefficient (Wildman–Crippen LogP) is 10.2. The number of rotatable bonds is 4. The molecule has 2 nitrogen and oxygen atoms in total. The van der Waals surface area contributed by atoms with Gasteiger partial charge in [0.15, 0.2) is 0 Å². The van der Waals surface area contributed by atoms with E-state index in [-0.39, 0.29) is 25.7 Å². The SMILES string of the molecule is C[Si](C)(C)c1ccc(-c2[c-]cccc2)nc1.[2H]C([2H])([2H])c1c[c-]c(-c2cc3c(cn2)-c2cccc(C([2H])([2H])[2H])c2C3(C)C)cc1-c1ccccc1.[Ir]. The second-order valence-electron chi connectivity index (χ2n) is 13.0. The Bertz CT molecular complexity index is 2170. The molecule has 7 rings (SSSR count). The van der Waals surface area contributed by atoms with Gasteiger partial charge in [-0.2, -0.15) is 0 Å². The Hall–Kier alpha value is -3.95. The summed E-state index contributed by atoms with van der Waals surface area (Å²) < 4.78 is 48.1. The Labute approximate surface area is 297 Å². The van der Waals surface area contributed by atoms with E-state index in [1.165, 1.54) is 11.3 Å². The van der Waals surface area contributed by atoms with Gasteiger partial charge in [-0.1, -0.05) is 113 Å². The summed E-state index contributed by atoms with van der Waals surface area (Å²) in [5.74, 6) is 0. The van der Waals surface area contributed by atoms with Gasteiger partial charge in [0.1, 0.15) is 0 Å². The summed E-state index contributed by atoms with van der Waals surface area (Å²) in [6.07, 6.45) is 3.80. The van der Waals surface area contributed by atoms with Crippen LogP contribution in [0.1, 0.15) is 44.3 Å². The minimum Gasteiger partial charge on any atom is -0.305 e. The fourth-order valence-electron chi connectivity index (χ4n) is 5.96. The number of fused-ring (bicyclic) bond motifs is 3. The third-order valence-corrected chi connectivity index (χ3v) is 10.5. The van der Waals surface area contributed by atoms with Crippen LogP contribution in [0.15, 0.2) is 116 Å². The Morgan fingerprint density at radius 3 is 2.11 bits per heavy atom. The number of hydrogen-bond donors (Lipinski definition) is 0. The zero-order chi connectivity index (χ0) is 36.8. The third kappa shape index (κ3) is 6.62. The van der Waals surface area contributed by atoms with Crippen LogP contribution in [-0.4, -0.2) is 18.0 Å². The molecule has 2 aromatic heterocycles. The van der Waals surface area contributed by atoms with E-state index in [1.54, 1.807) is 18.3 Å². The van der Waals surface area contributed by atoms with Crippen LogP contribution in [0.4, 0.5) is 0 Å². The molecular weight excluding hydrogens is 753 g/mol. The average Bonchev–Trinajstić information content (AvgIpc) is 3.33. The standard InChI is InChI=1S/C28H24N.C14H16NSi.Ir/c1-18-13-14-21(15-23(18)20-10-6-5-7-11-20)26-16-25-24(17-29-26)22-12-8-9-19(2)27(22)28(25,3)4;1-16(2,3)13-9-10-14(15-11-13)12-7-5-4-6-8-12;/h5-13,15-17H,1-4H3;4-7,9-11H,1-3H3;/q2*-1;/i1D3,2D3;;. The van der Waals surface area contributed by atoms with Gasteiger partial charge in [-0.05, 0) is 51.2 Å². The first-order valence-electron chi connectivity index (χ1n) is 18.2. The molecule has 2 heterocycles. The number of aromatic nitrogens is 2. The number of benzene rings is 4. The molecule has 0 bridgehead atoms. The van der Waals surface area contributed by atoms with E-state index in [9.17, 15) is 0 Å². The molecule has 1 aliphatic rings. The maximum absolute atomic E-state index is 8.04. The fourth-order valence-corrected chi connectivity index (χ4v) is 7.00. The summed E-state index contributed by atoms with van der Waals surface area (Å²) in [6, 6.07) is 38.8. The van der Waals surface area contributed by atoms with E-state index in [2.05, 4.69) is 48.9 Å². The summed E-state index contributed by atoms with van der Waals surface area (Å²) in [5.41, 5.74) is 8.51. The Kier molecular flexibility index (Phi) is 7.63. The quantitative estimate of drug-likeness (QED) is 0.131. The predicted molar refractivity (Wildman–Crippen MR) is 192 cm³/mol. The monoisotopic (exact) mass is 799 g/mol. The molecule has 0 unspecified atom stereocenters. The molecule has 0 saturated carbocycles. The topological polar surface area (TPSA) is 25.8 Å². The molecule has 0 atom stereocenters. The number of aryl methyl sites for hydroxylation is 2. The molecule has 0 N–H and O–H groups in total. The number of pyridine rings is 2. The minimum atomic E-state index is -2.28. The summed E-state index contributed by atoms with van der Waals surface area (Å²) >= 11 is 0. The summed E-state index contributed by atoms with van der Waals surface area (Å²) in [7, 11) is -1.23.